The fraction of sp³-hybridized carbons (Fsp3) is 0.304. The van der Waals surface area contributed by atoms with Gasteiger partial charge < -0.3 is 15.1 Å². The molecule has 0 radical (unpaired) electrons. The van der Waals surface area contributed by atoms with Crippen LogP contribution < -0.4 is 15.1 Å². The highest BCUT2D eigenvalue weighted by atomic mass is 19.1. The van der Waals surface area contributed by atoms with Crippen LogP contribution in [0.15, 0.2) is 60.8 Å². The van der Waals surface area contributed by atoms with Gasteiger partial charge in [-0.1, -0.05) is 24.3 Å². The minimum atomic E-state index is -0.204. The Morgan fingerprint density at radius 2 is 1.72 bits per heavy atom. The molecule has 1 N–H and O–H groups in total. The summed E-state index contributed by atoms with van der Waals surface area (Å²) in [6.07, 6.45) is 2.62. The number of anilines is 3. The quantitative estimate of drug-likeness (QED) is 0.690. The Morgan fingerprint density at radius 3 is 2.48 bits per heavy atom. The maximum Gasteiger partial charge on any atom is 0.227 e. The van der Waals surface area contributed by atoms with Gasteiger partial charge in [-0.05, 0) is 54.8 Å². The lowest BCUT2D eigenvalue weighted by molar-refractivity contribution is 0.627. The van der Waals surface area contributed by atoms with E-state index in [2.05, 4.69) is 56.3 Å². The number of rotatable bonds is 6. The van der Waals surface area contributed by atoms with E-state index in [0.717, 1.165) is 56.5 Å². The van der Waals surface area contributed by atoms with Crippen molar-refractivity contribution in [1.82, 2.24) is 9.97 Å². The summed E-state index contributed by atoms with van der Waals surface area (Å²) in [7, 11) is 0. The maximum atomic E-state index is 13.0. The Morgan fingerprint density at radius 1 is 0.966 bits per heavy atom. The number of benzene rings is 2. The molecule has 0 amide bonds. The SMILES string of the molecule is Cc1cccc(N2CCN(c3nccc(NCCc4ccc(F)cc4)n3)CC2)c1. The average molecular weight is 391 g/mol. The van der Waals surface area contributed by atoms with Crippen LogP contribution in [0.5, 0.6) is 0 Å². The molecule has 1 aliphatic heterocycles. The monoisotopic (exact) mass is 391 g/mol. The topological polar surface area (TPSA) is 44.3 Å². The number of aryl methyl sites for hydroxylation is 1. The summed E-state index contributed by atoms with van der Waals surface area (Å²) in [6.45, 7) is 6.56. The van der Waals surface area contributed by atoms with E-state index >= 15 is 0 Å². The van der Waals surface area contributed by atoms with Gasteiger partial charge in [-0.2, -0.15) is 4.98 Å². The van der Waals surface area contributed by atoms with Gasteiger partial charge in [-0.25, -0.2) is 9.37 Å². The van der Waals surface area contributed by atoms with Crippen LogP contribution in [0.3, 0.4) is 0 Å². The molecule has 0 aliphatic carbocycles. The second kappa shape index (κ2) is 8.90. The molecule has 2 aromatic carbocycles. The predicted molar refractivity (Wildman–Crippen MR) is 116 cm³/mol. The fourth-order valence-corrected chi connectivity index (χ4v) is 3.57. The zero-order chi connectivity index (χ0) is 20.1. The molecule has 0 spiro atoms. The maximum absolute atomic E-state index is 13.0. The van der Waals surface area contributed by atoms with E-state index < -0.39 is 0 Å². The van der Waals surface area contributed by atoms with Crippen LogP contribution in [0, 0.1) is 12.7 Å². The van der Waals surface area contributed by atoms with Gasteiger partial charge in [-0.3, -0.25) is 0 Å². The third-order valence-electron chi connectivity index (χ3n) is 5.21. The van der Waals surface area contributed by atoms with Crippen molar-refractivity contribution in [3.05, 3.63) is 77.7 Å². The van der Waals surface area contributed by atoms with Gasteiger partial charge >= 0.3 is 0 Å². The van der Waals surface area contributed by atoms with Gasteiger partial charge in [0, 0.05) is 44.6 Å². The second-order valence-corrected chi connectivity index (χ2v) is 7.36. The first-order chi connectivity index (χ1) is 14.2. The van der Waals surface area contributed by atoms with Crippen molar-refractivity contribution in [2.24, 2.45) is 0 Å². The summed E-state index contributed by atoms with van der Waals surface area (Å²) >= 11 is 0. The lowest BCUT2D eigenvalue weighted by atomic mass is 10.1. The number of piperazine rings is 1. The van der Waals surface area contributed by atoms with Crippen molar-refractivity contribution in [2.45, 2.75) is 13.3 Å². The van der Waals surface area contributed by atoms with E-state index in [0.29, 0.717) is 0 Å². The molecule has 29 heavy (non-hydrogen) atoms. The number of aromatic nitrogens is 2. The summed E-state index contributed by atoms with van der Waals surface area (Å²) in [6, 6.07) is 17.2. The van der Waals surface area contributed by atoms with Crippen LogP contribution in [0.1, 0.15) is 11.1 Å². The number of hydrogen-bond acceptors (Lipinski definition) is 5. The van der Waals surface area contributed by atoms with E-state index in [9.17, 15) is 4.39 Å². The highest BCUT2D eigenvalue weighted by molar-refractivity contribution is 5.50. The zero-order valence-electron chi connectivity index (χ0n) is 16.7. The Labute approximate surface area is 171 Å². The van der Waals surface area contributed by atoms with Gasteiger partial charge in [0.1, 0.15) is 11.6 Å². The molecule has 1 fully saturated rings. The summed E-state index contributed by atoms with van der Waals surface area (Å²) in [5.41, 5.74) is 3.66. The van der Waals surface area contributed by atoms with Crippen molar-refractivity contribution in [1.29, 1.82) is 0 Å². The molecular weight excluding hydrogens is 365 g/mol. The summed E-state index contributed by atoms with van der Waals surface area (Å²) in [5.74, 6) is 1.38. The number of nitrogens with one attached hydrogen (secondary N) is 1. The molecule has 1 aromatic heterocycles. The van der Waals surface area contributed by atoms with Gasteiger partial charge in [0.25, 0.3) is 0 Å². The van der Waals surface area contributed by atoms with E-state index in [-0.39, 0.29) is 5.82 Å². The summed E-state index contributed by atoms with van der Waals surface area (Å²) in [4.78, 5) is 13.8. The van der Waals surface area contributed by atoms with Gasteiger partial charge in [0.2, 0.25) is 5.95 Å². The van der Waals surface area contributed by atoms with E-state index in [1.807, 2.05) is 18.2 Å². The first kappa shape index (κ1) is 19.2. The van der Waals surface area contributed by atoms with Crippen LogP contribution in [-0.4, -0.2) is 42.7 Å². The Bertz CT molecular complexity index is 936. The van der Waals surface area contributed by atoms with Crippen LogP contribution in [0.2, 0.25) is 0 Å². The van der Waals surface area contributed by atoms with E-state index in [1.165, 1.54) is 23.4 Å². The van der Waals surface area contributed by atoms with Crippen LogP contribution in [0.4, 0.5) is 21.8 Å². The molecule has 0 atom stereocenters. The van der Waals surface area contributed by atoms with Crippen molar-refractivity contribution < 1.29 is 4.39 Å². The van der Waals surface area contributed by atoms with Crippen molar-refractivity contribution >= 4 is 17.5 Å². The van der Waals surface area contributed by atoms with Gasteiger partial charge in [0.05, 0.1) is 0 Å². The molecule has 1 saturated heterocycles. The molecule has 6 heteroatoms. The molecule has 2 heterocycles. The molecular formula is C23H26FN5. The van der Waals surface area contributed by atoms with Crippen molar-refractivity contribution in [3.63, 3.8) is 0 Å². The zero-order valence-corrected chi connectivity index (χ0v) is 16.7. The highest BCUT2D eigenvalue weighted by Crippen LogP contribution is 2.20. The Balaban J connectivity index is 1.31. The lowest BCUT2D eigenvalue weighted by Gasteiger charge is -2.36. The largest absolute Gasteiger partial charge is 0.370 e. The lowest BCUT2D eigenvalue weighted by Crippen LogP contribution is -2.47. The molecule has 3 aromatic rings. The smallest absolute Gasteiger partial charge is 0.227 e. The Hall–Kier alpha value is -3.15. The minimum Gasteiger partial charge on any atom is -0.370 e. The third-order valence-corrected chi connectivity index (χ3v) is 5.21. The average Bonchev–Trinajstić information content (AvgIpc) is 2.76. The highest BCUT2D eigenvalue weighted by Gasteiger charge is 2.19. The van der Waals surface area contributed by atoms with E-state index in [4.69, 9.17) is 0 Å². The minimum absolute atomic E-state index is 0.204. The first-order valence-corrected chi connectivity index (χ1v) is 10.1. The van der Waals surface area contributed by atoms with Crippen LogP contribution in [-0.2, 0) is 6.42 Å². The molecule has 150 valence electrons. The van der Waals surface area contributed by atoms with Crippen LogP contribution in [0.25, 0.3) is 0 Å². The van der Waals surface area contributed by atoms with Crippen molar-refractivity contribution in [2.75, 3.05) is 47.8 Å². The molecule has 0 bridgehead atoms. The number of hydrogen-bond donors (Lipinski definition) is 1. The molecule has 1 aliphatic rings. The molecule has 5 nitrogen and oxygen atoms in total. The number of halogens is 1. The Kier molecular flexibility index (Phi) is 5.89. The van der Waals surface area contributed by atoms with Gasteiger partial charge in [-0.15, -0.1) is 0 Å². The normalized spacial score (nSPS) is 14.1. The standard InChI is InChI=1S/C23H26FN5/c1-18-3-2-4-21(17-18)28-13-15-29(16-14-28)23-26-12-10-22(27-23)25-11-9-19-5-7-20(24)8-6-19/h2-8,10,12,17H,9,11,13-16H2,1H3,(H,25,26,27). The van der Waals surface area contributed by atoms with Crippen LogP contribution >= 0.6 is 0 Å². The van der Waals surface area contributed by atoms with Crippen molar-refractivity contribution in [3.8, 4) is 0 Å². The third kappa shape index (κ3) is 5.02. The fourth-order valence-electron chi connectivity index (χ4n) is 3.57. The van der Waals surface area contributed by atoms with E-state index in [1.54, 1.807) is 6.20 Å². The molecule has 0 saturated carbocycles. The van der Waals surface area contributed by atoms with Gasteiger partial charge in [0.15, 0.2) is 0 Å². The second-order valence-electron chi connectivity index (χ2n) is 7.36. The molecule has 4 rings (SSSR count). The number of nitrogens with zero attached hydrogens (tertiary/aromatic N) is 4. The summed E-state index contributed by atoms with van der Waals surface area (Å²) in [5, 5.41) is 3.35. The molecule has 0 unspecified atom stereocenters. The predicted octanol–water partition coefficient (Wildman–Crippen LogP) is 3.91. The first-order valence-electron chi connectivity index (χ1n) is 10.1. The summed E-state index contributed by atoms with van der Waals surface area (Å²) < 4.78 is 13.0.